The van der Waals surface area contributed by atoms with Crippen molar-refractivity contribution in [2.75, 3.05) is 4.72 Å². The van der Waals surface area contributed by atoms with Crippen LogP contribution in [0.2, 0.25) is 0 Å². The molecule has 2 N–H and O–H groups in total. The van der Waals surface area contributed by atoms with Gasteiger partial charge in [0.25, 0.3) is 10.0 Å². The van der Waals surface area contributed by atoms with Crippen molar-refractivity contribution >= 4 is 26.6 Å². The van der Waals surface area contributed by atoms with Crippen LogP contribution in [0.3, 0.4) is 0 Å². The molecule has 0 unspecified atom stereocenters. The second-order valence-corrected chi connectivity index (χ2v) is 7.66. The first kappa shape index (κ1) is 17.2. The van der Waals surface area contributed by atoms with Crippen LogP contribution in [0.15, 0.2) is 66.0 Å². The molecule has 27 heavy (non-hydrogen) atoms. The molecule has 0 saturated carbocycles. The van der Waals surface area contributed by atoms with Gasteiger partial charge < -0.3 is 4.98 Å². The SMILES string of the molecule is O=S(=O)(Nc1c[nH]c2cc(F)c(F)cc12)c1cnn(Cc2ccccc2)c1. The number of sulfonamides is 1. The van der Waals surface area contributed by atoms with Crippen LogP contribution in [0.25, 0.3) is 10.9 Å². The second-order valence-electron chi connectivity index (χ2n) is 5.98. The van der Waals surface area contributed by atoms with Gasteiger partial charge in [0.15, 0.2) is 11.6 Å². The fourth-order valence-corrected chi connectivity index (χ4v) is 3.77. The van der Waals surface area contributed by atoms with Crippen molar-refractivity contribution in [3.05, 3.63) is 78.3 Å². The van der Waals surface area contributed by atoms with Crippen molar-refractivity contribution in [3.63, 3.8) is 0 Å². The number of H-pyrrole nitrogens is 1. The second kappa shape index (κ2) is 6.51. The Morgan fingerprint density at radius 2 is 1.85 bits per heavy atom. The lowest BCUT2D eigenvalue weighted by atomic mass is 10.2. The first-order valence-electron chi connectivity index (χ1n) is 7.98. The van der Waals surface area contributed by atoms with Gasteiger partial charge in [-0.1, -0.05) is 30.3 Å². The zero-order valence-electron chi connectivity index (χ0n) is 13.9. The van der Waals surface area contributed by atoms with Crippen molar-refractivity contribution in [3.8, 4) is 0 Å². The van der Waals surface area contributed by atoms with Crippen LogP contribution in [0, 0.1) is 11.6 Å². The predicted octanol–water partition coefficient (Wildman–Crippen LogP) is 3.49. The third kappa shape index (κ3) is 3.41. The molecule has 0 radical (unpaired) electrons. The molecule has 2 aromatic carbocycles. The van der Waals surface area contributed by atoms with E-state index >= 15 is 0 Å². The van der Waals surface area contributed by atoms with Crippen LogP contribution in [-0.2, 0) is 16.6 Å². The number of rotatable bonds is 5. The van der Waals surface area contributed by atoms with Gasteiger partial charge in [0, 0.05) is 23.8 Å². The Morgan fingerprint density at radius 1 is 1.11 bits per heavy atom. The van der Waals surface area contributed by atoms with E-state index < -0.39 is 21.7 Å². The number of nitrogens with zero attached hydrogens (tertiary/aromatic N) is 2. The maximum Gasteiger partial charge on any atom is 0.265 e. The highest BCUT2D eigenvalue weighted by atomic mass is 32.2. The standard InChI is InChI=1S/C18H14F2N4O2S/c19-15-6-14-17(7-16(15)20)21-9-18(14)23-27(25,26)13-8-22-24(11-13)10-12-4-2-1-3-5-12/h1-9,11,21,23H,10H2. The van der Waals surface area contributed by atoms with Crippen LogP contribution < -0.4 is 4.72 Å². The number of hydrogen-bond acceptors (Lipinski definition) is 3. The summed E-state index contributed by atoms with van der Waals surface area (Å²) in [5.74, 6) is -2.07. The maximum absolute atomic E-state index is 13.5. The molecule has 0 aliphatic rings. The van der Waals surface area contributed by atoms with Gasteiger partial charge in [-0.25, -0.2) is 17.2 Å². The highest BCUT2D eigenvalue weighted by Crippen LogP contribution is 2.27. The van der Waals surface area contributed by atoms with Gasteiger partial charge in [-0.3, -0.25) is 9.40 Å². The molecular weight excluding hydrogens is 374 g/mol. The summed E-state index contributed by atoms with van der Waals surface area (Å²) >= 11 is 0. The lowest BCUT2D eigenvalue weighted by Crippen LogP contribution is -2.12. The predicted molar refractivity (Wildman–Crippen MR) is 96.8 cm³/mol. The molecule has 0 bridgehead atoms. The summed E-state index contributed by atoms with van der Waals surface area (Å²) in [5, 5.41) is 4.31. The van der Waals surface area contributed by atoms with E-state index in [0.717, 1.165) is 17.7 Å². The summed E-state index contributed by atoms with van der Waals surface area (Å²) < 4.78 is 55.9. The molecule has 0 saturated heterocycles. The Labute approximate surface area is 153 Å². The average Bonchev–Trinajstić information content (AvgIpc) is 3.25. The number of nitrogens with one attached hydrogen (secondary N) is 2. The summed E-state index contributed by atoms with van der Waals surface area (Å²) in [6.07, 6.45) is 3.99. The van der Waals surface area contributed by atoms with Crippen molar-refractivity contribution in [1.82, 2.24) is 14.8 Å². The highest BCUT2D eigenvalue weighted by Gasteiger charge is 2.19. The Kier molecular flexibility index (Phi) is 4.15. The minimum absolute atomic E-state index is 0.0321. The molecule has 0 fully saturated rings. The van der Waals surface area contributed by atoms with Crippen LogP contribution in [0.1, 0.15) is 5.56 Å². The molecule has 4 aromatic rings. The molecule has 0 amide bonds. The first-order valence-corrected chi connectivity index (χ1v) is 9.46. The Hall–Kier alpha value is -3.20. The van der Waals surface area contributed by atoms with E-state index in [1.54, 1.807) is 0 Å². The van der Waals surface area contributed by atoms with E-state index in [0.29, 0.717) is 6.54 Å². The summed E-state index contributed by atoms with van der Waals surface area (Å²) in [7, 11) is -3.94. The highest BCUT2D eigenvalue weighted by molar-refractivity contribution is 7.92. The van der Waals surface area contributed by atoms with E-state index in [4.69, 9.17) is 0 Å². The molecule has 0 aliphatic carbocycles. The lowest BCUT2D eigenvalue weighted by molar-refractivity contribution is 0.511. The number of aromatic amines is 1. The number of fused-ring (bicyclic) bond motifs is 1. The first-order chi connectivity index (χ1) is 12.9. The third-order valence-corrected chi connectivity index (χ3v) is 5.39. The van der Waals surface area contributed by atoms with E-state index in [1.807, 2.05) is 30.3 Å². The summed E-state index contributed by atoms with van der Waals surface area (Å²) in [4.78, 5) is 2.68. The molecule has 0 atom stereocenters. The maximum atomic E-state index is 13.5. The lowest BCUT2D eigenvalue weighted by Gasteiger charge is -2.05. The van der Waals surface area contributed by atoms with Crippen LogP contribution in [-0.4, -0.2) is 23.2 Å². The van der Waals surface area contributed by atoms with Gasteiger partial charge in [0.2, 0.25) is 0 Å². The normalized spacial score (nSPS) is 11.8. The fourth-order valence-electron chi connectivity index (χ4n) is 2.75. The third-order valence-electron chi connectivity index (χ3n) is 4.07. The quantitative estimate of drug-likeness (QED) is 0.549. The number of halogens is 2. The molecule has 138 valence electrons. The fraction of sp³-hybridized carbons (Fsp3) is 0.0556. The van der Waals surface area contributed by atoms with E-state index in [9.17, 15) is 17.2 Å². The van der Waals surface area contributed by atoms with Crippen molar-refractivity contribution < 1.29 is 17.2 Å². The van der Waals surface area contributed by atoms with Gasteiger partial charge in [0.1, 0.15) is 4.90 Å². The van der Waals surface area contributed by atoms with Crippen LogP contribution >= 0.6 is 0 Å². The smallest absolute Gasteiger partial charge is 0.265 e. The minimum Gasteiger partial charge on any atom is -0.359 e. The molecule has 9 heteroatoms. The monoisotopic (exact) mass is 388 g/mol. The van der Waals surface area contributed by atoms with Gasteiger partial charge in [-0.2, -0.15) is 5.10 Å². The number of hydrogen-bond donors (Lipinski definition) is 2. The van der Waals surface area contributed by atoms with Gasteiger partial charge >= 0.3 is 0 Å². The molecule has 2 heterocycles. The summed E-state index contributed by atoms with van der Waals surface area (Å²) in [6, 6.07) is 11.4. The van der Waals surface area contributed by atoms with Crippen LogP contribution in [0.5, 0.6) is 0 Å². The van der Waals surface area contributed by atoms with Gasteiger partial charge in [-0.05, 0) is 11.6 Å². The summed E-state index contributed by atoms with van der Waals surface area (Å²) in [5.41, 5.74) is 1.39. The van der Waals surface area contributed by atoms with E-state index in [-0.39, 0.29) is 21.5 Å². The zero-order chi connectivity index (χ0) is 19.0. The largest absolute Gasteiger partial charge is 0.359 e. The van der Waals surface area contributed by atoms with Crippen LogP contribution in [0.4, 0.5) is 14.5 Å². The zero-order valence-corrected chi connectivity index (χ0v) is 14.7. The molecule has 4 rings (SSSR count). The van der Waals surface area contributed by atoms with Gasteiger partial charge in [-0.15, -0.1) is 0 Å². The van der Waals surface area contributed by atoms with Crippen molar-refractivity contribution in [1.29, 1.82) is 0 Å². The van der Waals surface area contributed by atoms with Crippen molar-refractivity contribution in [2.45, 2.75) is 11.4 Å². The molecular formula is C18H14F2N4O2S. The minimum atomic E-state index is -3.94. The molecule has 0 spiro atoms. The topological polar surface area (TPSA) is 79.8 Å². The molecule has 0 aliphatic heterocycles. The molecule has 2 aromatic heterocycles. The average molecular weight is 388 g/mol. The Balaban J connectivity index is 1.60. The van der Waals surface area contributed by atoms with Crippen molar-refractivity contribution in [2.24, 2.45) is 0 Å². The Bertz CT molecular complexity index is 1220. The molecule has 6 nitrogen and oxygen atoms in total. The number of benzene rings is 2. The van der Waals surface area contributed by atoms with E-state index in [2.05, 4.69) is 14.8 Å². The number of aromatic nitrogens is 3. The Morgan fingerprint density at radius 3 is 2.63 bits per heavy atom. The summed E-state index contributed by atoms with van der Waals surface area (Å²) in [6.45, 7) is 0.425. The van der Waals surface area contributed by atoms with E-state index in [1.165, 1.54) is 23.3 Å². The number of anilines is 1. The van der Waals surface area contributed by atoms with Gasteiger partial charge in [0.05, 0.1) is 23.9 Å².